The predicted octanol–water partition coefficient (Wildman–Crippen LogP) is 2.62. The Morgan fingerprint density at radius 3 is 2.78 bits per heavy atom. The molecule has 0 amide bonds. The fourth-order valence-electron chi connectivity index (χ4n) is 2.91. The number of aliphatic hydroxyl groups is 1. The maximum absolute atomic E-state index is 10.5. The summed E-state index contributed by atoms with van der Waals surface area (Å²) in [6.45, 7) is 2.68. The highest BCUT2D eigenvalue weighted by molar-refractivity contribution is 6.30. The summed E-state index contributed by atoms with van der Waals surface area (Å²) in [6.07, 6.45) is 3.23. The lowest BCUT2D eigenvalue weighted by molar-refractivity contribution is -0.00433. The van der Waals surface area contributed by atoms with E-state index in [1.165, 1.54) is 19.3 Å². The zero-order valence-corrected chi connectivity index (χ0v) is 11.1. The molecule has 0 aliphatic carbocycles. The molecule has 0 radical (unpaired) electrons. The van der Waals surface area contributed by atoms with Gasteiger partial charge in [0.1, 0.15) is 18.5 Å². The first kappa shape index (κ1) is 12.3. The minimum Gasteiger partial charge on any atom is -0.491 e. The highest BCUT2D eigenvalue weighted by Gasteiger charge is 2.34. The molecule has 2 aliphatic rings. The maximum atomic E-state index is 10.5. The van der Waals surface area contributed by atoms with Gasteiger partial charge < -0.3 is 9.84 Å². The molecule has 0 spiro atoms. The molecule has 1 aromatic rings. The summed E-state index contributed by atoms with van der Waals surface area (Å²) < 4.78 is 5.75. The van der Waals surface area contributed by atoms with Gasteiger partial charge in [0.25, 0.3) is 0 Å². The normalized spacial score (nSPS) is 28.6. The number of rotatable bonds is 1. The number of fused-ring (bicyclic) bond motifs is 1. The molecule has 18 heavy (non-hydrogen) atoms. The predicted molar refractivity (Wildman–Crippen MR) is 71.1 cm³/mol. The number of piperidine rings is 1. The van der Waals surface area contributed by atoms with Crippen molar-refractivity contribution in [3.05, 3.63) is 28.8 Å². The Hall–Kier alpha value is -0.770. The molecule has 98 valence electrons. The van der Waals surface area contributed by atoms with Crippen LogP contribution >= 0.6 is 11.6 Å². The molecule has 0 saturated carbocycles. The van der Waals surface area contributed by atoms with E-state index in [0.29, 0.717) is 11.6 Å². The zero-order chi connectivity index (χ0) is 12.5. The van der Waals surface area contributed by atoms with Gasteiger partial charge in [0.15, 0.2) is 0 Å². The Morgan fingerprint density at radius 2 is 2.00 bits per heavy atom. The second-order valence-electron chi connectivity index (χ2n) is 5.10. The minimum absolute atomic E-state index is 0.0660. The number of ether oxygens (including phenoxy) is 1. The van der Waals surface area contributed by atoms with Gasteiger partial charge in [-0.3, -0.25) is 4.90 Å². The first-order valence-electron chi connectivity index (χ1n) is 6.60. The molecule has 0 unspecified atom stereocenters. The van der Waals surface area contributed by atoms with Crippen molar-refractivity contribution < 1.29 is 9.84 Å². The Bertz CT molecular complexity index is 432. The molecule has 1 aromatic carbocycles. The van der Waals surface area contributed by atoms with E-state index < -0.39 is 6.10 Å². The molecule has 4 heteroatoms. The summed E-state index contributed by atoms with van der Waals surface area (Å²) >= 11 is 6.00. The number of hydrogen-bond acceptors (Lipinski definition) is 3. The van der Waals surface area contributed by atoms with E-state index in [1.54, 1.807) is 6.07 Å². The molecule has 2 aliphatic heterocycles. The van der Waals surface area contributed by atoms with Crippen molar-refractivity contribution in [1.82, 2.24) is 4.90 Å². The zero-order valence-electron chi connectivity index (χ0n) is 10.3. The summed E-state index contributed by atoms with van der Waals surface area (Å²) in [5.41, 5.74) is 0.823. The lowest BCUT2D eigenvalue weighted by atomic mass is 9.96. The number of nitrogens with zero attached hydrogens (tertiary/aromatic N) is 1. The lowest BCUT2D eigenvalue weighted by Crippen LogP contribution is -2.48. The van der Waals surface area contributed by atoms with Crippen LogP contribution < -0.4 is 4.74 Å². The smallest absolute Gasteiger partial charge is 0.125 e. The number of aliphatic hydroxyl groups excluding tert-OH is 1. The lowest BCUT2D eigenvalue weighted by Gasteiger charge is -2.40. The van der Waals surface area contributed by atoms with Crippen LogP contribution in [0, 0.1) is 0 Å². The summed E-state index contributed by atoms with van der Waals surface area (Å²) in [4.78, 5) is 2.35. The van der Waals surface area contributed by atoms with Crippen molar-refractivity contribution >= 4 is 11.6 Å². The largest absolute Gasteiger partial charge is 0.491 e. The van der Waals surface area contributed by atoms with E-state index in [1.807, 2.05) is 12.1 Å². The van der Waals surface area contributed by atoms with Crippen LogP contribution in [0.25, 0.3) is 0 Å². The maximum Gasteiger partial charge on any atom is 0.125 e. The van der Waals surface area contributed by atoms with Crippen molar-refractivity contribution in [2.45, 2.75) is 31.4 Å². The highest BCUT2D eigenvalue weighted by atomic mass is 35.5. The average molecular weight is 268 g/mol. The van der Waals surface area contributed by atoms with E-state index in [0.717, 1.165) is 24.4 Å². The molecular formula is C14H18ClNO2. The first-order chi connectivity index (χ1) is 8.75. The summed E-state index contributed by atoms with van der Waals surface area (Å²) in [5, 5.41) is 11.2. The molecule has 1 fully saturated rings. The van der Waals surface area contributed by atoms with Crippen LogP contribution in [-0.4, -0.2) is 35.7 Å². The Kier molecular flexibility index (Phi) is 3.46. The summed E-state index contributed by atoms with van der Waals surface area (Å²) in [5.74, 6) is 0.764. The quantitative estimate of drug-likeness (QED) is 0.849. The number of benzene rings is 1. The van der Waals surface area contributed by atoms with E-state index >= 15 is 0 Å². The fourth-order valence-corrected chi connectivity index (χ4v) is 3.09. The van der Waals surface area contributed by atoms with Gasteiger partial charge in [0.2, 0.25) is 0 Å². The molecule has 2 atom stereocenters. The van der Waals surface area contributed by atoms with Crippen LogP contribution in [-0.2, 0) is 0 Å². The van der Waals surface area contributed by atoms with E-state index in [4.69, 9.17) is 16.3 Å². The monoisotopic (exact) mass is 267 g/mol. The third kappa shape index (κ3) is 2.22. The van der Waals surface area contributed by atoms with Gasteiger partial charge in [-0.1, -0.05) is 18.0 Å². The van der Waals surface area contributed by atoms with Gasteiger partial charge in [-0.15, -0.1) is 0 Å². The second kappa shape index (κ2) is 5.08. The van der Waals surface area contributed by atoms with Crippen LogP contribution in [0.5, 0.6) is 5.75 Å². The molecule has 0 aromatic heterocycles. The third-order valence-corrected chi connectivity index (χ3v) is 4.16. The van der Waals surface area contributed by atoms with E-state index in [2.05, 4.69) is 4.90 Å². The number of halogens is 1. The van der Waals surface area contributed by atoms with Crippen molar-refractivity contribution in [3.63, 3.8) is 0 Å². The molecule has 3 nitrogen and oxygen atoms in total. The van der Waals surface area contributed by atoms with Gasteiger partial charge in [-0.05, 0) is 44.1 Å². The fraction of sp³-hybridized carbons (Fsp3) is 0.571. The molecule has 1 saturated heterocycles. The van der Waals surface area contributed by atoms with Crippen LogP contribution in [0.2, 0.25) is 5.02 Å². The van der Waals surface area contributed by atoms with Crippen molar-refractivity contribution in [2.75, 3.05) is 19.7 Å². The summed E-state index contributed by atoms with van der Waals surface area (Å²) in [7, 11) is 0. The average Bonchev–Trinajstić information content (AvgIpc) is 2.41. The van der Waals surface area contributed by atoms with E-state index in [-0.39, 0.29) is 6.04 Å². The van der Waals surface area contributed by atoms with Crippen LogP contribution in [0.4, 0.5) is 0 Å². The van der Waals surface area contributed by atoms with Crippen LogP contribution in [0.15, 0.2) is 18.2 Å². The second-order valence-corrected chi connectivity index (χ2v) is 5.54. The van der Waals surface area contributed by atoms with Gasteiger partial charge in [-0.25, -0.2) is 0 Å². The van der Waals surface area contributed by atoms with Gasteiger partial charge in [0, 0.05) is 10.6 Å². The number of hydrogen-bond donors (Lipinski definition) is 1. The topological polar surface area (TPSA) is 32.7 Å². The Morgan fingerprint density at radius 1 is 1.22 bits per heavy atom. The van der Waals surface area contributed by atoms with E-state index in [9.17, 15) is 5.11 Å². The molecule has 0 bridgehead atoms. The first-order valence-corrected chi connectivity index (χ1v) is 6.98. The Balaban J connectivity index is 1.83. The molecule has 2 heterocycles. The molecule has 1 N–H and O–H groups in total. The SMILES string of the molecule is O[C@@H]1c2cc(Cl)ccc2OC[C@@H]1N1CCCCC1. The van der Waals surface area contributed by atoms with Gasteiger partial charge in [-0.2, -0.15) is 0 Å². The van der Waals surface area contributed by atoms with Gasteiger partial charge in [0.05, 0.1) is 6.04 Å². The van der Waals surface area contributed by atoms with Crippen molar-refractivity contribution in [2.24, 2.45) is 0 Å². The Labute approximate surface area is 112 Å². The van der Waals surface area contributed by atoms with Gasteiger partial charge >= 0.3 is 0 Å². The third-order valence-electron chi connectivity index (χ3n) is 3.92. The standard InChI is InChI=1S/C14H18ClNO2/c15-10-4-5-13-11(8-10)14(17)12(9-18-13)16-6-2-1-3-7-16/h4-5,8,12,14,17H,1-3,6-7,9H2/t12-,14+/m0/s1. The van der Waals surface area contributed by atoms with Crippen LogP contribution in [0.3, 0.4) is 0 Å². The minimum atomic E-state index is -0.495. The summed E-state index contributed by atoms with van der Waals surface area (Å²) in [6, 6.07) is 5.52. The number of likely N-dealkylation sites (tertiary alicyclic amines) is 1. The molecule has 3 rings (SSSR count). The van der Waals surface area contributed by atoms with Crippen LogP contribution in [0.1, 0.15) is 30.9 Å². The molecular weight excluding hydrogens is 250 g/mol. The van der Waals surface area contributed by atoms with Crippen molar-refractivity contribution in [1.29, 1.82) is 0 Å². The van der Waals surface area contributed by atoms with Crippen molar-refractivity contribution in [3.8, 4) is 5.75 Å². The highest BCUT2D eigenvalue weighted by Crippen LogP contribution is 2.36.